The fourth-order valence-corrected chi connectivity index (χ4v) is 2.92. The number of likely N-dealkylation sites (tertiary alicyclic amines) is 1. The van der Waals surface area contributed by atoms with E-state index in [-0.39, 0.29) is 18.1 Å². The number of carbonyl (C=O) groups is 1. The second kappa shape index (κ2) is 8.14. The third kappa shape index (κ3) is 4.81. The Bertz CT molecular complexity index is 680. The van der Waals surface area contributed by atoms with Crippen molar-refractivity contribution in [2.45, 2.75) is 31.9 Å². The van der Waals surface area contributed by atoms with E-state index in [0.29, 0.717) is 0 Å². The van der Waals surface area contributed by atoms with Crippen molar-refractivity contribution < 1.29 is 14.6 Å². The first-order chi connectivity index (χ1) is 12.1. The van der Waals surface area contributed by atoms with Gasteiger partial charge in [0.15, 0.2) is 0 Å². The van der Waals surface area contributed by atoms with Gasteiger partial charge in [0.2, 0.25) is 5.91 Å². The molecular formula is C20H24N2O3. The Morgan fingerprint density at radius 3 is 2.32 bits per heavy atom. The third-order valence-corrected chi connectivity index (χ3v) is 4.53. The minimum absolute atomic E-state index is 0.0342. The summed E-state index contributed by atoms with van der Waals surface area (Å²) in [5.74, 6) is 1.47. The highest BCUT2D eigenvalue weighted by Gasteiger charge is 2.25. The second-order valence-electron chi connectivity index (χ2n) is 6.37. The first-order valence-electron chi connectivity index (χ1n) is 8.68. The molecule has 5 heteroatoms. The summed E-state index contributed by atoms with van der Waals surface area (Å²) in [6, 6.07) is 16.7. The molecule has 0 bridgehead atoms. The van der Waals surface area contributed by atoms with Gasteiger partial charge < -0.3 is 15.2 Å². The molecule has 0 radical (unpaired) electrons. The van der Waals surface area contributed by atoms with Gasteiger partial charge in [0, 0.05) is 18.8 Å². The average Bonchev–Trinajstić information content (AvgIpc) is 2.64. The van der Waals surface area contributed by atoms with Gasteiger partial charge in [0.25, 0.3) is 0 Å². The minimum Gasteiger partial charge on any atom is -0.457 e. The van der Waals surface area contributed by atoms with E-state index in [0.717, 1.165) is 43.1 Å². The van der Waals surface area contributed by atoms with Gasteiger partial charge in [-0.2, -0.15) is 0 Å². The number of ether oxygens (including phenoxy) is 1. The van der Waals surface area contributed by atoms with E-state index in [1.165, 1.54) is 0 Å². The molecule has 1 fully saturated rings. The molecule has 25 heavy (non-hydrogen) atoms. The van der Waals surface area contributed by atoms with E-state index < -0.39 is 0 Å². The fraction of sp³-hybridized carbons (Fsp3) is 0.350. The van der Waals surface area contributed by atoms with Crippen LogP contribution in [0.25, 0.3) is 0 Å². The number of benzene rings is 2. The zero-order chi connectivity index (χ0) is 17.6. The molecule has 0 aromatic heterocycles. The van der Waals surface area contributed by atoms with Crippen LogP contribution < -0.4 is 10.1 Å². The summed E-state index contributed by atoms with van der Waals surface area (Å²) in [7, 11) is 0. The molecule has 5 nitrogen and oxygen atoms in total. The van der Waals surface area contributed by atoms with Crippen molar-refractivity contribution >= 4 is 11.6 Å². The summed E-state index contributed by atoms with van der Waals surface area (Å²) in [4.78, 5) is 14.5. The first kappa shape index (κ1) is 17.5. The number of nitrogens with one attached hydrogen (secondary N) is 1. The molecule has 0 aliphatic carbocycles. The van der Waals surface area contributed by atoms with Gasteiger partial charge in [0.1, 0.15) is 11.5 Å². The lowest BCUT2D eigenvalue weighted by Crippen LogP contribution is -2.47. The largest absolute Gasteiger partial charge is 0.457 e. The van der Waals surface area contributed by atoms with Crippen LogP contribution in [0.1, 0.15) is 19.8 Å². The van der Waals surface area contributed by atoms with Crippen molar-refractivity contribution in [2.75, 3.05) is 18.4 Å². The highest BCUT2D eigenvalue weighted by atomic mass is 16.5. The molecule has 0 saturated carbocycles. The van der Waals surface area contributed by atoms with Crippen LogP contribution in [0, 0.1) is 0 Å². The van der Waals surface area contributed by atoms with Gasteiger partial charge in [0.05, 0.1) is 12.1 Å². The second-order valence-corrected chi connectivity index (χ2v) is 6.37. The zero-order valence-corrected chi connectivity index (χ0v) is 14.4. The normalized spacial score (nSPS) is 17.0. The third-order valence-electron chi connectivity index (χ3n) is 4.53. The number of anilines is 1. The van der Waals surface area contributed by atoms with Gasteiger partial charge in [-0.15, -0.1) is 0 Å². The van der Waals surface area contributed by atoms with Gasteiger partial charge in [-0.1, -0.05) is 18.2 Å². The number of hydrogen-bond donors (Lipinski definition) is 2. The molecule has 1 aliphatic rings. The molecule has 2 aromatic rings. The van der Waals surface area contributed by atoms with E-state index >= 15 is 0 Å². The van der Waals surface area contributed by atoms with E-state index in [4.69, 9.17) is 4.74 Å². The number of aliphatic hydroxyl groups is 1. The maximum absolute atomic E-state index is 12.4. The average molecular weight is 340 g/mol. The van der Waals surface area contributed by atoms with E-state index in [1.807, 2.05) is 61.5 Å². The van der Waals surface area contributed by atoms with Crippen LogP contribution in [0.4, 0.5) is 5.69 Å². The van der Waals surface area contributed by atoms with Crippen molar-refractivity contribution in [3.05, 3.63) is 54.6 Å². The Morgan fingerprint density at radius 1 is 1.08 bits per heavy atom. The standard InChI is InChI=1S/C20H24N2O3/c1-15(22-13-11-17(23)12-14-22)20(24)21-16-7-9-19(10-8-16)25-18-5-3-2-4-6-18/h2-10,15,17,23H,11-14H2,1H3,(H,21,24). The number of nitrogens with zero attached hydrogens (tertiary/aromatic N) is 1. The first-order valence-corrected chi connectivity index (χ1v) is 8.68. The van der Waals surface area contributed by atoms with E-state index in [9.17, 15) is 9.90 Å². The molecular weight excluding hydrogens is 316 g/mol. The van der Waals surface area contributed by atoms with Gasteiger partial charge >= 0.3 is 0 Å². The fourth-order valence-electron chi connectivity index (χ4n) is 2.92. The molecule has 1 atom stereocenters. The Morgan fingerprint density at radius 2 is 1.68 bits per heavy atom. The summed E-state index contributed by atoms with van der Waals surface area (Å²) < 4.78 is 5.75. The van der Waals surface area contributed by atoms with Gasteiger partial charge in [-0.3, -0.25) is 9.69 Å². The molecule has 3 rings (SSSR count). The molecule has 2 N–H and O–H groups in total. The van der Waals surface area contributed by atoms with Gasteiger partial charge in [-0.25, -0.2) is 0 Å². The topological polar surface area (TPSA) is 61.8 Å². The molecule has 132 valence electrons. The van der Waals surface area contributed by atoms with Crippen LogP contribution in [-0.2, 0) is 4.79 Å². The van der Waals surface area contributed by atoms with E-state index in [1.54, 1.807) is 0 Å². The smallest absolute Gasteiger partial charge is 0.241 e. The molecule has 1 aliphatic heterocycles. The van der Waals surface area contributed by atoms with Crippen LogP contribution in [0.3, 0.4) is 0 Å². The van der Waals surface area contributed by atoms with Crippen molar-refractivity contribution in [2.24, 2.45) is 0 Å². The van der Waals surface area contributed by atoms with Crippen LogP contribution in [0.2, 0.25) is 0 Å². The van der Waals surface area contributed by atoms with E-state index in [2.05, 4.69) is 10.2 Å². The summed E-state index contributed by atoms with van der Waals surface area (Å²) in [6.45, 7) is 3.40. The summed E-state index contributed by atoms with van der Waals surface area (Å²) in [5.41, 5.74) is 0.745. The molecule has 1 saturated heterocycles. The van der Waals surface area contributed by atoms with Crippen LogP contribution in [-0.4, -0.2) is 41.1 Å². The minimum atomic E-state index is -0.233. The van der Waals surface area contributed by atoms with Crippen molar-refractivity contribution in [1.82, 2.24) is 4.90 Å². The number of piperidine rings is 1. The summed E-state index contributed by atoms with van der Waals surface area (Å²) in [5, 5.41) is 12.5. The lowest BCUT2D eigenvalue weighted by Gasteiger charge is -2.33. The number of hydrogen-bond acceptors (Lipinski definition) is 4. The predicted molar refractivity (Wildman–Crippen MR) is 97.9 cm³/mol. The summed E-state index contributed by atoms with van der Waals surface area (Å²) in [6.07, 6.45) is 1.22. The Kier molecular flexibility index (Phi) is 5.68. The van der Waals surface area contributed by atoms with Crippen LogP contribution in [0.15, 0.2) is 54.6 Å². The van der Waals surface area contributed by atoms with Crippen molar-refractivity contribution in [3.63, 3.8) is 0 Å². The number of amides is 1. The highest BCUT2D eigenvalue weighted by molar-refractivity contribution is 5.94. The number of aliphatic hydroxyl groups excluding tert-OH is 1. The number of carbonyl (C=O) groups excluding carboxylic acids is 1. The summed E-state index contributed by atoms with van der Waals surface area (Å²) >= 11 is 0. The van der Waals surface area contributed by atoms with Crippen molar-refractivity contribution in [3.8, 4) is 11.5 Å². The van der Waals surface area contributed by atoms with Crippen molar-refractivity contribution in [1.29, 1.82) is 0 Å². The Balaban J connectivity index is 1.54. The molecule has 2 aromatic carbocycles. The van der Waals surface area contributed by atoms with Crippen LogP contribution >= 0.6 is 0 Å². The monoisotopic (exact) mass is 340 g/mol. The SMILES string of the molecule is CC(C(=O)Nc1ccc(Oc2ccccc2)cc1)N1CCC(O)CC1. The van der Waals surface area contributed by atoms with Crippen LogP contribution in [0.5, 0.6) is 11.5 Å². The lowest BCUT2D eigenvalue weighted by molar-refractivity contribution is -0.121. The molecule has 0 spiro atoms. The maximum Gasteiger partial charge on any atom is 0.241 e. The quantitative estimate of drug-likeness (QED) is 0.877. The molecule has 1 amide bonds. The lowest BCUT2D eigenvalue weighted by atomic mass is 10.1. The Hall–Kier alpha value is -2.37. The molecule has 1 heterocycles. The zero-order valence-electron chi connectivity index (χ0n) is 14.4. The predicted octanol–water partition coefficient (Wildman–Crippen LogP) is 3.26. The number of rotatable bonds is 5. The highest BCUT2D eigenvalue weighted by Crippen LogP contribution is 2.23. The molecule has 1 unspecified atom stereocenters. The Labute approximate surface area is 148 Å². The number of para-hydroxylation sites is 1. The van der Waals surface area contributed by atoms with Gasteiger partial charge in [-0.05, 0) is 56.2 Å². The maximum atomic E-state index is 12.4.